The number of hydrogen-bond acceptors (Lipinski definition) is 5. The molecule has 3 N–H and O–H groups in total. The Morgan fingerprint density at radius 2 is 2.08 bits per heavy atom. The van der Waals surface area contributed by atoms with Gasteiger partial charge >= 0.3 is 0 Å². The van der Waals surface area contributed by atoms with Crippen LogP contribution in [0.1, 0.15) is 36.1 Å². The quantitative estimate of drug-likeness (QED) is 0.769. The van der Waals surface area contributed by atoms with Gasteiger partial charge in [-0.1, -0.05) is 18.2 Å². The third-order valence-corrected chi connectivity index (χ3v) is 4.79. The molecule has 0 saturated heterocycles. The molecule has 0 radical (unpaired) electrons. The molecule has 1 fully saturated rings. The molecule has 2 aliphatic rings. The minimum absolute atomic E-state index is 0.000688. The van der Waals surface area contributed by atoms with Gasteiger partial charge in [-0.3, -0.25) is 4.79 Å². The van der Waals surface area contributed by atoms with Crippen molar-refractivity contribution in [2.75, 3.05) is 11.1 Å². The van der Waals surface area contributed by atoms with Crippen LogP contribution >= 0.6 is 0 Å². The summed E-state index contributed by atoms with van der Waals surface area (Å²) in [7, 11) is 0. The Morgan fingerprint density at radius 3 is 2.92 bits per heavy atom. The van der Waals surface area contributed by atoms with E-state index in [1.54, 1.807) is 0 Å². The molecule has 3 heterocycles. The van der Waals surface area contributed by atoms with Gasteiger partial charge < -0.3 is 11.1 Å². The summed E-state index contributed by atoms with van der Waals surface area (Å²) in [5.74, 6) is 0.167. The Bertz CT molecular complexity index is 974. The first-order chi connectivity index (χ1) is 11.7. The number of nitrogens with one attached hydrogen (secondary N) is 1. The first kappa shape index (κ1) is 13.5. The molecule has 3 aromatic rings. The summed E-state index contributed by atoms with van der Waals surface area (Å²) < 4.78 is 1.95. The number of nitrogens with two attached hydrogens (primary N) is 1. The van der Waals surface area contributed by atoms with E-state index in [1.807, 2.05) is 28.9 Å². The molecule has 1 saturated carbocycles. The number of carbonyl (C=O) groups is 1. The van der Waals surface area contributed by atoms with Crippen molar-refractivity contribution in [3.8, 4) is 0 Å². The summed E-state index contributed by atoms with van der Waals surface area (Å²) >= 11 is 0. The van der Waals surface area contributed by atoms with Gasteiger partial charge in [-0.2, -0.15) is 5.10 Å². The number of rotatable bonds is 3. The Morgan fingerprint density at radius 1 is 1.25 bits per heavy atom. The molecule has 1 atom stereocenters. The van der Waals surface area contributed by atoms with Gasteiger partial charge in [0, 0.05) is 12.1 Å². The summed E-state index contributed by atoms with van der Waals surface area (Å²) in [5.41, 5.74) is 9.54. The van der Waals surface area contributed by atoms with E-state index in [9.17, 15) is 4.79 Å². The maximum atomic E-state index is 12.4. The average molecular weight is 320 g/mol. The smallest absolute Gasteiger partial charge is 0.232 e. The molecule has 5 rings (SSSR count). The predicted octanol–water partition coefficient (Wildman–Crippen LogP) is 2.02. The zero-order valence-electron chi connectivity index (χ0n) is 12.9. The van der Waals surface area contributed by atoms with Crippen molar-refractivity contribution in [2.45, 2.75) is 31.2 Å². The van der Waals surface area contributed by atoms with Crippen LogP contribution in [-0.2, 0) is 11.2 Å². The Balaban J connectivity index is 1.62. The fourth-order valence-electron chi connectivity index (χ4n) is 3.46. The lowest BCUT2D eigenvalue weighted by atomic mass is 9.95. The van der Waals surface area contributed by atoms with Gasteiger partial charge in [0.25, 0.3) is 0 Å². The van der Waals surface area contributed by atoms with E-state index in [0.29, 0.717) is 18.3 Å². The molecule has 2 aromatic heterocycles. The largest absolute Gasteiger partial charge is 0.383 e. The third-order valence-electron chi connectivity index (χ3n) is 4.79. The topological polar surface area (TPSA) is 98.7 Å². The van der Waals surface area contributed by atoms with Crippen LogP contribution < -0.4 is 11.1 Å². The molecule has 0 spiro atoms. The normalized spacial score (nSPS) is 19.5. The lowest BCUT2D eigenvalue weighted by Gasteiger charge is -2.07. The molecule has 120 valence electrons. The number of fused-ring (bicyclic) bond motifs is 2. The van der Waals surface area contributed by atoms with Gasteiger partial charge in [0.1, 0.15) is 12.1 Å². The lowest BCUT2D eigenvalue weighted by molar-refractivity contribution is -0.117. The van der Waals surface area contributed by atoms with Gasteiger partial charge in [-0.05, 0) is 24.5 Å². The number of nitrogen functional groups attached to an aromatic ring is 1. The van der Waals surface area contributed by atoms with Gasteiger partial charge in [0.2, 0.25) is 5.91 Å². The highest BCUT2D eigenvalue weighted by atomic mass is 16.2. The molecular formula is C17H16N6O. The first-order valence-electron chi connectivity index (χ1n) is 8.09. The first-order valence-corrected chi connectivity index (χ1v) is 8.09. The van der Waals surface area contributed by atoms with Crippen LogP contribution in [0.25, 0.3) is 11.0 Å². The monoisotopic (exact) mass is 320 g/mol. The number of carbonyl (C=O) groups excluding carboxylic acids is 1. The lowest BCUT2D eigenvalue weighted by Crippen LogP contribution is -2.15. The summed E-state index contributed by atoms with van der Waals surface area (Å²) in [5, 5.41) is 8.45. The van der Waals surface area contributed by atoms with E-state index in [0.717, 1.165) is 40.8 Å². The highest BCUT2D eigenvalue weighted by molar-refractivity contribution is 6.03. The van der Waals surface area contributed by atoms with Crippen LogP contribution in [0.4, 0.5) is 11.5 Å². The number of para-hydroxylation sites is 1. The average Bonchev–Trinajstić information content (AvgIpc) is 3.28. The molecule has 1 unspecified atom stereocenters. The van der Waals surface area contributed by atoms with E-state index >= 15 is 0 Å². The van der Waals surface area contributed by atoms with E-state index in [-0.39, 0.29) is 11.8 Å². The fraction of sp³-hybridized carbons (Fsp3) is 0.294. The van der Waals surface area contributed by atoms with Gasteiger partial charge in [-0.25, -0.2) is 14.6 Å². The minimum atomic E-state index is -0.258. The number of amides is 1. The van der Waals surface area contributed by atoms with Crippen molar-refractivity contribution < 1.29 is 4.79 Å². The van der Waals surface area contributed by atoms with Crippen LogP contribution in [0.2, 0.25) is 0 Å². The number of anilines is 2. The van der Waals surface area contributed by atoms with E-state index in [1.165, 1.54) is 6.33 Å². The standard InChI is InChI=1S/C17H16N6O/c18-15-14-13(22-23(9-5-6-9)16(14)20-8-19-15)7-11-10-3-1-2-4-12(10)21-17(11)24/h1-4,8-9,11H,5-7H2,(H,21,24)(H2,18,19,20). The van der Waals surface area contributed by atoms with Gasteiger partial charge in [0.15, 0.2) is 5.65 Å². The maximum Gasteiger partial charge on any atom is 0.232 e. The second-order valence-electron chi connectivity index (χ2n) is 6.41. The maximum absolute atomic E-state index is 12.4. The summed E-state index contributed by atoms with van der Waals surface area (Å²) in [6.07, 6.45) is 4.18. The Labute approximate surface area is 137 Å². The molecular weight excluding hydrogens is 304 g/mol. The molecule has 1 aliphatic heterocycles. The van der Waals surface area contributed by atoms with Crippen LogP contribution in [-0.4, -0.2) is 25.7 Å². The van der Waals surface area contributed by atoms with Crippen molar-refractivity contribution in [1.82, 2.24) is 19.7 Å². The summed E-state index contributed by atoms with van der Waals surface area (Å²) in [4.78, 5) is 20.9. The van der Waals surface area contributed by atoms with E-state index < -0.39 is 0 Å². The zero-order valence-corrected chi connectivity index (χ0v) is 12.9. The second kappa shape index (κ2) is 4.77. The number of benzene rings is 1. The van der Waals surface area contributed by atoms with Crippen LogP contribution in [0.15, 0.2) is 30.6 Å². The van der Waals surface area contributed by atoms with Crippen molar-refractivity contribution in [1.29, 1.82) is 0 Å². The molecule has 7 heteroatoms. The fourth-order valence-corrected chi connectivity index (χ4v) is 3.46. The number of hydrogen-bond donors (Lipinski definition) is 2. The predicted molar refractivity (Wildman–Crippen MR) is 89.5 cm³/mol. The zero-order chi connectivity index (χ0) is 16.3. The summed E-state index contributed by atoms with van der Waals surface area (Å²) in [6, 6.07) is 8.17. The Kier molecular flexibility index (Phi) is 2.68. The third kappa shape index (κ3) is 1.90. The van der Waals surface area contributed by atoms with E-state index in [2.05, 4.69) is 15.3 Å². The second-order valence-corrected chi connectivity index (χ2v) is 6.41. The number of aromatic nitrogens is 4. The van der Waals surface area contributed by atoms with Gasteiger partial charge in [0.05, 0.1) is 23.0 Å². The number of nitrogens with zero attached hydrogens (tertiary/aromatic N) is 4. The molecule has 1 amide bonds. The van der Waals surface area contributed by atoms with Crippen molar-refractivity contribution in [3.63, 3.8) is 0 Å². The van der Waals surface area contributed by atoms with Crippen LogP contribution in [0.5, 0.6) is 0 Å². The van der Waals surface area contributed by atoms with Crippen molar-refractivity contribution in [3.05, 3.63) is 41.9 Å². The Hall–Kier alpha value is -2.96. The highest BCUT2D eigenvalue weighted by Gasteiger charge is 2.34. The molecule has 1 aromatic carbocycles. The molecule has 24 heavy (non-hydrogen) atoms. The van der Waals surface area contributed by atoms with Crippen molar-refractivity contribution in [2.24, 2.45) is 0 Å². The molecule has 1 aliphatic carbocycles. The van der Waals surface area contributed by atoms with Gasteiger partial charge in [-0.15, -0.1) is 0 Å². The minimum Gasteiger partial charge on any atom is -0.383 e. The van der Waals surface area contributed by atoms with Crippen LogP contribution in [0, 0.1) is 0 Å². The summed E-state index contributed by atoms with van der Waals surface area (Å²) in [6.45, 7) is 0. The molecule has 7 nitrogen and oxygen atoms in total. The SMILES string of the molecule is Nc1ncnc2c1c(CC1C(=O)Nc3ccccc31)nn2C1CC1. The molecule has 0 bridgehead atoms. The van der Waals surface area contributed by atoms with Crippen molar-refractivity contribution >= 4 is 28.4 Å². The van der Waals surface area contributed by atoms with Crippen LogP contribution in [0.3, 0.4) is 0 Å². The highest BCUT2D eigenvalue weighted by Crippen LogP contribution is 2.40. The van der Waals surface area contributed by atoms with E-state index in [4.69, 9.17) is 10.8 Å².